The molecule has 1 aromatic rings. The van der Waals surface area contributed by atoms with E-state index in [-0.39, 0.29) is 17.1 Å². The zero-order chi connectivity index (χ0) is 16.9. The predicted molar refractivity (Wildman–Crippen MR) is 79.4 cm³/mol. The molecule has 0 bridgehead atoms. The highest BCUT2D eigenvalue weighted by molar-refractivity contribution is 7.89. The number of sulfonamides is 1. The fourth-order valence-corrected chi connectivity index (χ4v) is 3.48. The van der Waals surface area contributed by atoms with Gasteiger partial charge in [-0.2, -0.15) is 4.72 Å². The highest BCUT2D eigenvalue weighted by atomic mass is 35.5. The number of hydrogen-bond donors (Lipinski definition) is 2. The first kappa shape index (κ1) is 18.3. The summed E-state index contributed by atoms with van der Waals surface area (Å²) in [6, 6.07) is 1.58. The van der Waals surface area contributed by atoms with Crippen LogP contribution in [0.25, 0.3) is 0 Å². The number of benzene rings is 1. The van der Waals surface area contributed by atoms with Crippen molar-refractivity contribution in [2.45, 2.75) is 37.1 Å². The molecule has 0 amide bonds. The third-order valence-electron chi connectivity index (χ3n) is 2.86. The van der Waals surface area contributed by atoms with Crippen LogP contribution >= 0.6 is 11.6 Å². The van der Waals surface area contributed by atoms with Gasteiger partial charge in [0.25, 0.3) is 5.69 Å². The number of carbonyl (C=O) groups is 1. The molecule has 0 aliphatic heterocycles. The molecule has 0 saturated heterocycles. The molecule has 8 nitrogen and oxygen atoms in total. The lowest BCUT2D eigenvalue weighted by molar-refractivity contribution is -0.384. The Labute approximate surface area is 132 Å². The van der Waals surface area contributed by atoms with Crippen molar-refractivity contribution in [3.8, 4) is 0 Å². The first-order valence-electron chi connectivity index (χ1n) is 6.38. The fourth-order valence-electron chi connectivity index (χ4n) is 1.71. The van der Waals surface area contributed by atoms with E-state index >= 15 is 0 Å². The zero-order valence-corrected chi connectivity index (χ0v) is 13.2. The van der Waals surface area contributed by atoms with Crippen LogP contribution in [0.5, 0.6) is 0 Å². The van der Waals surface area contributed by atoms with Gasteiger partial charge in [0.05, 0.1) is 9.95 Å². The van der Waals surface area contributed by atoms with Gasteiger partial charge >= 0.3 is 5.97 Å². The van der Waals surface area contributed by atoms with Crippen LogP contribution in [0.2, 0.25) is 5.02 Å². The Balaban J connectivity index is 3.07. The summed E-state index contributed by atoms with van der Waals surface area (Å²) in [4.78, 5) is 20.6. The van der Waals surface area contributed by atoms with E-state index in [2.05, 4.69) is 4.72 Å². The van der Waals surface area contributed by atoms with E-state index in [9.17, 15) is 23.3 Å². The normalized spacial score (nSPS) is 12.8. The average molecular weight is 351 g/mol. The zero-order valence-electron chi connectivity index (χ0n) is 11.7. The molecule has 1 unspecified atom stereocenters. The van der Waals surface area contributed by atoms with Crippen molar-refractivity contribution in [2.75, 3.05) is 0 Å². The molecule has 0 radical (unpaired) electrons. The maximum Gasteiger partial charge on any atom is 0.321 e. The molecule has 0 saturated carbocycles. The Morgan fingerprint density at radius 2 is 2.14 bits per heavy atom. The van der Waals surface area contributed by atoms with Gasteiger partial charge in [-0.05, 0) is 12.5 Å². The van der Waals surface area contributed by atoms with E-state index in [1.54, 1.807) is 0 Å². The summed E-state index contributed by atoms with van der Waals surface area (Å²) in [6.45, 7) is 1.85. The second kappa shape index (κ2) is 7.52. The molecule has 22 heavy (non-hydrogen) atoms. The van der Waals surface area contributed by atoms with Crippen LogP contribution < -0.4 is 4.72 Å². The number of nitrogens with zero attached hydrogens (tertiary/aromatic N) is 1. The lowest BCUT2D eigenvalue weighted by Gasteiger charge is -2.15. The number of nitro benzene ring substituents is 1. The molecule has 0 fully saturated rings. The third-order valence-corrected chi connectivity index (χ3v) is 4.81. The summed E-state index contributed by atoms with van der Waals surface area (Å²) in [5.41, 5.74) is -0.357. The van der Waals surface area contributed by atoms with Gasteiger partial charge in [-0.15, -0.1) is 0 Å². The molecule has 1 atom stereocenters. The third kappa shape index (κ3) is 4.65. The van der Waals surface area contributed by atoms with E-state index in [4.69, 9.17) is 16.7 Å². The molecule has 0 aliphatic rings. The minimum absolute atomic E-state index is 0.135. The molecule has 2 N–H and O–H groups in total. The molecule has 0 aliphatic carbocycles. The van der Waals surface area contributed by atoms with Crippen molar-refractivity contribution in [2.24, 2.45) is 0 Å². The topological polar surface area (TPSA) is 127 Å². The van der Waals surface area contributed by atoms with Crippen molar-refractivity contribution in [3.05, 3.63) is 33.3 Å². The fraction of sp³-hybridized carbons (Fsp3) is 0.417. The molecule has 122 valence electrons. The summed E-state index contributed by atoms with van der Waals surface area (Å²) in [6.07, 6.45) is 1.38. The molecular formula is C12H15ClN2O6S. The van der Waals surface area contributed by atoms with Crippen molar-refractivity contribution < 1.29 is 23.2 Å². The lowest BCUT2D eigenvalue weighted by Crippen LogP contribution is -2.40. The van der Waals surface area contributed by atoms with Gasteiger partial charge in [-0.25, -0.2) is 8.42 Å². The number of hydrogen-bond acceptors (Lipinski definition) is 5. The molecule has 0 spiro atoms. The van der Waals surface area contributed by atoms with Gasteiger partial charge in [0.2, 0.25) is 10.0 Å². The van der Waals surface area contributed by atoms with Crippen LogP contribution in [-0.4, -0.2) is 30.5 Å². The SMILES string of the molecule is CCCCC(NS(=O)(=O)c1ccc([N+](=O)[O-])cc1Cl)C(=O)O. The van der Waals surface area contributed by atoms with Crippen LogP contribution in [-0.2, 0) is 14.8 Å². The summed E-state index contributed by atoms with van der Waals surface area (Å²) in [7, 11) is -4.19. The number of nitro groups is 1. The largest absolute Gasteiger partial charge is 0.480 e. The van der Waals surface area contributed by atoms with E-state index in [0.717, 1.165) is 18.2 Å². The lowest BCUT2D eigenvalue weighted by atomic mass is 10.1. The van der Waals surface area contributed by atoms with Crippen LogP contribution in [0.1, 0.15) is 26.2 Å². The van der Waals surface area contributed by atoms with Gasteiger partial charge in [0.15, 0.2) is 0 Å². The number of carboxylic acids is 1. The van der Waals surface area contributed by atoms with Gasteiger partial charge in [-0.3, -0.25) is 14.9 Å². The minimum atomic E-state index is -4.19. The number of nitrogens with one attached hydrogen (secondary N) is 1. The number of rotatable bonds is 8. The Morgan fingerprint density at radius 3 is 2.59 bits per heavy atom. The van der Waals surface area contributed by atoms with Crippen LogP contribution in [0.15, 0.2) is 23.1 Å². The number of halogens is 1. The van der Waals surface area contributed by atoms with Crippen molar-refractivity contribution in [1.82, 2.24) is 4.72 Å². The van der Waals surface area contributed by atoms with Gasteiger partial charge in [0, 0.05) is 12.1 Å². The van der Waals surface area contributed by atoms with Crippen molar-refractivity contribution in [1.29, 1.82) is 0 Å². The monoisotopic (exact) mass is 350 g/mol. The second-order valence-corrected chi connectivity index (χ2v) is 6.62. The average Bonchev–Trinajstić information content (AvgIpc) is 2.42. The van der Waals surface area contributed by atoms with Crippen molar-refractivity contribution >= 4 is 33.3 Å². The predicted octanol–water partition coefficient (Wildman–Crippen LogP) is 2.17. The van der Waals surface area contributed by atoms with Crippen LogP contribution in [0, 0.1) is 10.1 Å². The molecule has 1 aromatic carbocycles. The Bertz CT molecular complexity index is 676. The van der Waals surface area contributed by atoms with Crippen molar-refractivity contribution in [3.63, 3.8) is 0 Å². The summed E-state index contributed by atoms with van der Waals surface area (Å²) in [5.74, 6) is -1.30. The maximum atomic E-state index is 12.2. The Morgan fingerprint density at radius 1 is 1.50 bits per heavy atom. The number of non-ortho nitro benzene ring substituents is 1. The summed E-state index contributed by atoms with van der Waals surface area (Å²) < 4.78 is 26.4. The standard InChI is InChI=1S/C12H15ClN2O6S/c1-2-3-4-10(12(16)17)14-22(20,21)11-6-5-8(15(18)19)7-9(11)13/h5-7,10,14H,2-4H2,1H3,(H,16,17). The molecule has 1 rings (SSSR count). The molecule has 0 heterocycles. The first-order valence-corrected chi connectivity index (χ1v) is 8.24. The highest BCUT2D eigenvalue weighted by Crippen LogP contribution is 2.26. The second-order valence-electron chi connectivity index (χ2n) is 4.53. The smallest absolute Gasteiger partial charge is 0.321 e. The highest BCUT2D eigenvalue weighted by Gasteiger charge is 2.27. The van der Waals surface area contributed by atoms with Crippen LogP contribution in [0.3, 0.4) is 0 Å². The van der Waals surface area contributed by atoms with Gasteiger partial charge in [-0.1, -0.05) is 31.4 Å². The Hall–Kier alpha value is -1.71. The van der Waals surface area contributed by atoms with Gasteiger partial charge in [0.1, 0.15) is 10.9 Å². The number of unbranched alkanes of at least 4 members (excludes halogenated alkanes) is 1. The Kier molecular flexibility index (Phi) is 6.27. The first-order chi connectivity index (χ1) is 10.2. The molecule has 0 aromatic heterocycles. The van der Waals surface area contributed by atoms with Crippen LogP contribution in [0.4, 0.5) is 5.69 Å². The number of aliphatic carboxylic acids is 1. The van der Waals surface area contributed by atoms with E-state index in [0.29, 0.717) is 12.8 Å². The quantitative estimate of drug-likeness (QED) is 0.546. The molecular weight excluding hydrogens is 336 g/mol. The van der Waals surface area contributed by atoms with E-state index in [1.807, 2.05) is 6.92 Å². The molecule has 10 heteroatoms. The van der Waals surface area contributed by atoms with E-state index < -0.39 is 31.9 Å². The minimum Gasteiger partial charge on any atom is -0.480 e. The summed E-state index contributed by atoms with van der Waals surface area (Å²) >= 11 is 5.75. The number of carboxylic acid groups (broad SMARTS) is 1. The van der Waals surface area contributed by atoms with E-state index in [1.165, 1.54) is 0 Å². The van der Waals surface area contributed by atoms with Gasteiger partial charge < -0.3 is 5.11 Å². The maximum absolute atomic E-state index is 12.2. The summed E-state index contributed by atoms with van der Waals surface area (Å²) in [5, 5.41) is 19.3.